The van der Waals surface area contributed by atoms with Crippen LogP contribution in [0.3, 0.4) is 0 Å². The fraction of sp³-hybridized carbons (Fsp3) is 0.533. The van der Waals surface area contributed by atoms with E-state index in [9.17, 15) is 4.79 Å². The molecule has 1 unspecified atom stereocenters. The molecule has 1 heterocycles. The minimum atomic E-state index is -0.307. The van der Waals surface area contributed by atoms with Crippen molar-refractivity contribution in [2.45, 2.75) is 31.9 Å². The van der Waals surface area contributed by atoms with E-state index in [0.29, 0.717) is 13.2 Å². The molecule has 1 aliphatic rings. The van der Waals surface area contributed by atoms with Crippen LogP contribution in [0, 0.1) is 0 Å². The molecular weight excluding hydrogens is 240 g/mol. The van der Waals surface area contributed by atoms with E-state index in [4.69, 9.17) is 4.74 Å². The fourth-order valence-electron chi connectivity index (χ4n) is 2.27. The number of benzene rings is 1. The van der Waals surface area contributed by atoms with Crippen LogP contribution in [0.2, 0.25) is 0 Å². The van der Waals surface area contributed by atoms with E-state index in [-0.39, 0.29) is 17.6 Å². The summed E-state index contributed by atoms with van der Waals surface area (Å²) in [6, 6.07) is 9.98. The molecule has 1 atom stereocenters. The molecule has 1 N–H and O–H groups in total. The van der Waals surface area contributed by atoms with Crippen LogP contribution in [-0.2, 0) is 16.0 Å². The number of methoxy groups -OCH3 is 1. The third-order valence-electron chi connectivity index (χ3n) is 3.55. The first-order valence-corrected chi connectivity index (χ1v) is 6.63. The van der Waals surface area contributed by atoms with Crippen molar-refractivity contribution < 1.29 is 9.53 Å². The molecule has 1 aromatic rings. The van der Waals surface area contributed by atoms with Gasteiger partial charge in [0.05, 0.1) is 24.9 Å². The Balaban J connectivity index is 1.95. The molecule has 0 spiro atoms. The number of rotatable bonds is 5. The molecule has 0 radical (unpaired) electrons. The van der Waals surface area contributed by atoms with Gasteiger partial charge in [-0.3, -0.25) is 10.1 Å². The van der Waals surface area contributed by atoms with Crippen molar-refractivity contribution in [1.82, 2.24) is 10.2 Å². The van der Waals surface area contributed by atoms with Crippen LogP contribution in [0.25, 0.3) is 0 Å². The molecule has 1 aliphatic heterocycles. The van der Waals surface area contributed by atoms with E-state index in [0.717, 1.165) is 6.42 Å². The Hall–Kier alpha value is -1.39. The zero-order valence-corrected chi connectivity index (χ0v) is 11.8. The maximum Gasteiger partial charge on any atom is 0.241 e. The summed E-state index contributed by atoms with van der Waals surface area (Å²) in [5.41, 5.74) is 0.875. The predicted octanol–water partition coefficient (Wildman–Crippen LogP) is 1.41. The Morgan fingerprint density at radius 1 is 1.37 bits per heavy atom. The molecular formula is C15H22N2O2. The van der Waals surface area contributed by atoms with Crippen molar-refractivity contribution >= 4 is 5.91 Å². The fourth-order valence-corrected chi connectivity index (χ4v) is 2.27. The van der Waals surface area contributed by atoms with Crippen molar-refractivity contribution in [2.75, 3.05) is 20.3 Å². The summed E-state index contributed by atoms with van der Waals surface area (Å²) in [6.45, 7) is 5.19. The van der Waals surface area contributed by atoms with Gasteiger partial charge in [0.15, 0.2) is 0 Å². The lowest BCUT2D eigenvalue weighted by molar-refractivity contribution is -0.132. The van der Waals surface area contributed by atoms with Crippen molar-refractivity contribution in [3.05, 3.63) is 35.9 Å². The molecule has 4 nitrogen and oxygen atoms in total. The SMILES string of the molecule is COC(C)(C)CN1CNC(Cc2ccccc2)C1=O. The molecule has 0 saturated carbocycles. The highest BCUT2D eigenvalue weighted by Crippen LogP contribution is 2.15. The van der Waals surface area contributed by atoms with Crippen LogP contribution in [0.5, 0.6) is 0 Å². The van der Waals surface area contributed by atoms with Crippen molar-refractivity contribution in [3.63, 3.8) is 0 Å². The Bertz CT molecular complexity index is 431. The highest BCUT2D eigenvalue weighted by molar-refractivity contribution is 5.84. The summed E-state index contributed by atoms with van der Waals surface area (Å²) in [5.74, 6) is 0.161. The van der Waals surface area contributed by atoms with Gasteiger partial charge in [-0.2, -0.15) is 0 Å². The molecule has 104 valence electrons. The van der Waals surface area contributed by atoms with Gasteiger partial charge in [0.25, 0.3) is 0 Å². The molecule has 0 aliphatic carbocycles. The van der Waals surface area contributed by atoms with Crippen LogP contribution >= 0.6 is 0 Å². The van der Waals surface area contributed by atoms with Crippen LogP contribution < -0.4 is 5.32 Å². The van der Waals surface area contributed by atoms with Crippen molar-refractivity contribution in [2.24, 2.45) is 0 Å². The van der Waals surface area contributed by atoms with Gasteiger partial charge in [0, 0.05) is 7.11 Å². The largest absolute Gasteiger partial charge is 0.377 e. The normalized spacial score (nSPS) is 20.1. The lowest BCUT2D eigenvalue weighted by Gasteiger charge is -2.28. The lowest BCUT2D eigenvalue weighted by atomic mass is 10.1. The second-order valence-electron chi connectivity index (χ2n) is 5.60. The number of hydrogen-bond acceptors (Lipinski definition) is 3. The minimum Gasteiger partial charge on any atom is -0.377 e. The summed E-state index contributed by atoms with van der Waals surface area (Å²) in [6.07, 6.45) is 0.740. The molecule has 1 fully saturated rings. The molecule has 1 saturated heterocycles. The van der Waals surface area contributed by atoms with Gasteiger partial charge >= 0.3 is 0 Å². The Morgan fingerprint density at radius 3 is 2.68 bits per heavy atom. The van der Waals surface area contributed by atoms with Gasteiger partial charge in [-0.1, -0.05) is 30.3 Å². The number of amides is 1. The quantitative estimate of drug-likeness (QED) is 0.872. The van der Waals surface area contributed by atoms with Crippen LogP contribution in [0.15, 0.2) is 30.3 Å². The summed E-state index contributed by atoms with van der Waals surface area (Å²) >= 11 is 0. The lowest BCUT2D eigenvalue weighted by Crippen LogP contribution is -2.42. The molecule has 1 aromatic carbocycles. The molecule has 19 heavy (non-hydrogen) atoms. The first-order valence-electron chi connectivity index (χ1n) is 6.63. The van der Waals surface area contributed by atoms with Gasteiger partial charge in [0.1, 0.15) is 0 Å². The molecule has 1 amide bonds. The van der Waals surface area contributed by atoms with E-state index >= 15 is 0 Å². The van der Waals surface area contributed by atoms with Gasteiger partial charge in [-0.25, -0.2) is 0 Å². The van der Waals surface area contributed by atoms with Crippen LogP contribution in [0.1, 0.15) is 19.4 Å². The summed E-state index contributed by atoms with van der Waals surface area (Å²) < 4.78 is 5.38. The van der Waals surface area contributed by atoms with Crippen molar-refractivity contribution in [3.8, 4) is 0 Å². The average molecular weight is 262 g/mol. The molecule has 0 bridgehead atoms. The maximum atomic E-state index is 12.3. The number of carbonyl (C=O) groups excluding carboxylic acids is 1. The Kier molecular flexibility index (Phi) is 4.22. The zero-order chi connectivity index (χ0) is 13.9. The Morgan fingerprint density at radius 2 is 2.05 bits per heavy atom. The van der Waals surface area contributed by atoms with Gasteiger partial charge in [-0.15, -0.1) is 0 Å². The van der Waals surface area contributed by atoms with Crippen molar-refractivity contribution in [1.29, 1.82) is 0 Å². The van der Waals surface area contributed by atoms with E-state index in [1.54, 1.807) is 7.11 Å². The second-order valence-corrected chi connectivity index (χ2v) is 5.60. The molecule has 0 aromatic heterocycles. The highest BCUT2D eigenvalue weighted by atomic mass is 16.5. The van der Waals surface area contributed by atoms with Gasteiger partial charge < -0.3 is 9.64 Å². The Labute approximate surface area is 114 Å². The second kappa shape index (κ2) is 5.72. The van der Waals surface area contributed by atoms with Crippen LogP contribution in [-0.4, -0.2) is 42.8 Å². The van der Waals surface area contributed by atoms with E-state index < -0.39 is 0 Å². The van der Waals surface area contributed by atoms with Gasteiger partial charge in [-0.05, 0) is 25.8 Å². The molecule has 2 rings (SSSR count). The minimum absolute atomic E-state index is 0.116. The van der Waals surface area contributed by atoms with Gasteiger partial charge in [0.2, 0.25) is 5.91 Å². The number of hydrogen-bond donors (Lipinski definition) is 1. The average Bonchev–Trinajstić information content (AvgIpc) is 2.72. The standard InChI is InChI=1S/C15H22N2O2/c1-15(2,19-3)10-17-11-16-13(14(17)18)9-12-7-5-4-6-8-12/h4-8,13,16H,9-11H2,1-3H3. The number of ether oxygens (including phenoxy) is 1. The first kappa shape index (κ1) is 14.0. The summed E-state index contributed by atoms with van der Waals surface area (Å²) in [4.78, 5) is 14.1. The monoisotopic (exact) mass is 262 g/mol. The predicted molar refractivity (Wildman–Crippen MR) is 74.7 cm³/mol. The molecule has 4 heteroatoms. The van der Waals surface area contributed by atoms with E-state index in [1.807, 2.05) is 36.9 Å². The van der Waals surface area contributed by atoms with E-state index in [2.05, 4.69) is 17.4 Å². The van der Waals surface area contributed by atoms with Crippen LogP contribution in [0.4, 0.5) is 0 Å². The number of nitrogens with zero attached hydrogens (tertiary/aromatic N) is 1. The summed E-state index contributed by atoms with van der Waals surface area (Å²) in [7, 11) is 1.68. The highest BCUT2D eigenvalue weighted by Gasteiger charge is 2.34. The number of nitrogens with one attached hydrogen (secondary N) is 1. The zero-order valence-electron chi connectivity index (χ0n) is 11.8. The third kappa shape index (κ3) is 3.55. The third-order valence-corrected chi connectivity index (χ3v) is 3.55. The number of carbonyl (C=O) groups is 1. The first-order chi connectivity index (χ1) is 9.02. The smallest absolute Gasteiger partial charge is 0.241 e. The topological polar surface area (TPSA) is 41.6 Å². The maximum absolute atomic E-state index is 12.3. The van der Waals surface area contributed by atoms with E-state index in [1.165, 1.54) is 5.56 Å². The summed E-state index contributed by atoms with van der Waals surface area (Å²) in [5, 5.41) is 3.27.